The number of methoxy groups -OCH3 is 1. The Morgan fingerprint density at radius 1 is 1.18 bits per heavy atom. The third kappa shape index (κ3) is 2.46. The minimum atomic E-state index is -0.720. The van der Waals surface area contributed by atoms with Gasteiger partial charge < -0.3 is 15.5 Å². The fourth-order valence-electron chi connectivity index (χ4n) is 2.05. The van der Waals surface area contributed by atoms with Crippen LogP contribution in [0.1, 0.15) is 11.1 Å². The molecule has 3 N–H and O–H groups in total. The van der Waals surface area contributed by atoms with Gasteiger partial charge in [0.15, 0.2) is 0 Å². The standard InChI is InChI=1S/C14H8Cl2N4O2/c1-22-10-3-6(15)2-9(16)12(10)11-7(4-17)13(19)20-14(21)8(11)5-18/h2-3H,1H3,(H3,19,20,21). The molecule has 6 nitrogen and oxygen atoms in total. The number of nitrogens with zero attached hydrogens (tertiary/aromatic N) is 2. The van der Waals surface area contributed by atoms with Crippen LogP contribution in [0.15, 0.2) is 16.9 Å². The van der Waals surface area contributed by atoms with E-state index in [9.17, 15) is 15.3 Å². The molecule has 0 aliphatic heterocycles. The quantitative estimate of drug-likeness (QED) is 0.875. The number of hydrogen-bond acceptors (Lipinski definition) is 5. The van der Waals surface area contributed by atoms with Crippen molar-refractivity contribution in [2.45, 2.75) is 0 Å². The Morgan fingerprint density at radius 2 is 1.82 bits per heavy atom. The van der Waals surface area contributed by atoms with Gasteiger partial charge in [0, 0.05) is 16.1 Å². The van der Waals surface area contributed by atoms with Crippen molar-refractivity contribution in [3.63, 3.8) is 0 Å². The normalized spacial score (nSPS) is 9.86. The fraction of sp³-hybridized carbons (Fsp3) is 0.0714. The van der Waals surface area contributed by atoms with Crippen LogP contribution in [0.3, 0.4) is 0 Å². The summed E-state index contributed by atoms with van der Waals surface area (Å²) in [5.74, 6) is 0.0602. The van der Waals surface area contributed by atoms with Crippen LogP contribution in [-0.4, -0.2) is 12.1 Å². The number of aromatic amines is 1. The molecule has 0 amide bonds. The van der Waals surface area contributed by atoms with Gasteiger partial charge in [0.2, 0.25) is 0 Å². The van der Waals surface area contributed by atoms with Crippen molar-refractivity contribution < 1.29 is 4.74 Å². The van der Waals surface area contributed by atoms with E-state index in [1.165, 1.54) is 19.2 Å². The van der Waals surface area contributed by atoms with Crippen molar-refractivity contribution in [1.29, 1.82) is 10.5 Å². The first-order chi connectivity index (χ1) is 10.4. The molecule has 0 bridgehead atoms. The molecule has 2 aromatic rings. The van der Waals surface area contributed by atoms with Gasteiger partial charge in [-0.25, -0.2) is 0 Å². The minimum absolute atomic E-state index is 0.0183. The van der Waals surface area contributed by atoms with Gasteiger partial charge in [0.05, 0.1) is 12.1 Å². The average molecular weight is 335 g/mol. The summed E-state index contributed by atoms with van der Waals surface area (Å²) < 4.78 is 5.20. The summed E-state index contributed by atoms with van der Waals surface area (Å²) in [6.07, 6.45) is 0. The van der Waals surface area contributed by atoms with E-state index in [-0.39, 0.29) is 38.8 Å². The molecular weight excluding hydrogens is 327 g/mol. The van der Waals surface area contributed by atoms with Crippen LogP contribution in [0.25, 0.3) is 11.1 Å². The molecule has 1 aromatic carbocycles. The molecule has 1 aromatic heterocycles. The number of nitrogens with two attached hydrogens (primary N) is 1. The smallest absolute Gasteiger partial charge is 0.268 e. The number of nitrogen functional groups attached to an aromatic ring is 1. The van der Waals surface area contributed by atoms with E-state index in [1.807, 2.05) is 6.07 Å². The second-order valence-electron chi connectivity index (χ2n) is 4.18. The highest BCUT2D eigenvalue weighted by molar-refractivity contribution is 6.37. The van der Waals surface area contributed by atoms with E-state index >= 15 is 0 Å². The third-order valence-electron chi connectivity index (χ3n) is 2.96. The number of halogens is 2. The molecule has 8 heteroatoms. The number of H-pyrrole nitrogens is 1. The van der Waals surface area contributed by atoms with Gasteiger partial charge in [-0.1, -0.05) is 23.2 Å². The molecule has 0 saturated carbocycles. The van der Waals surface area contributed by atoms with Crippen molar-refractivity contribution in [2.24, 2.45) is 0 Å². The number of anilines is 1. The minimum Gasteiger partial charge on any atom is -0.496 e. The lowest BCUT2D eigenvalue weighted by atomic mass is 9.96. The first-order valence-electron chi connectivity index (χ1n) is 5.84. The second-order valence-corrected chi connectivity index (χ2v) is 5.02. The molecule has 0 radical (unpaired) electrons. The van der Waals surface area contributed by atoms with Gasteiger partial charge in [-0.3, -0.25) is 4.79 Å². The van der Waals surface area contributed by atoms with E-state index in [1.54, 1.807) is 6.07 Å². The van der Waals surface area contributed by atoms with Crippen LogP contribution in [-0.2, 0) is 0 Å². The molecule has 0 unspecified atom stereocenters. The molecule has 0 aliphatic carbocycles. The SMILES string of the molecule is COc1cc(Cl)cc(Cl)c1-c1c(C#N)c(N)[nH]c(=O)c1C#N. The topological polar surface area (TPSA) is 116 Å². The lowest BCUT2D eigenvalue weighted by Gasteiger charge is -2.14. The monoisotopic (exact) mass is 334 g/mol. The Bertz CT molecular complexity index is 907. The second kappa shape index (κ2) is 5.98. The van der Waals surface area contributed by atoms with Crippen molar-refractivity contribution in [2.75, 3.05) is 12.8 Å². The van der Waals surface area contributed by atoms with Gasteiger partial charge in [-0.15, -0.1) is 0 Å². The number of ether oxygens (including phenoxy) is 1. The Kier molecular flexibility index (Phi) is 4.27. The Labute approximate surface area is 135 Å². The van der Waals surface area contributed by atoms with Crippen molar-refractivity contribution in [1.82, 2.24) is 4.98 Å². The summed E-state index contributed by atoms with van der Waals surface area (Å²) in [6.45, 7) is 0. The summed E-state index contributed by atoms with van der Waals surface area (Å²) in [7, 11) is 1.38. The zero-order valence-corrected chi connectivity index (χ0v) is 12.7. The van der Waals surface area contributed by atoms with Gasteiger partial charge >= 0.3 is 0 Å². The van der Waals surface area contributed by atoms with E-state index in [0.717, 1.165) is 0 Å². The molecule has 22 heavy (non-hydrogen) atoms. The third-order valence-corrected chi connectivity index (χ3v) is 3.47. The van der Waals surface area contributed by atoms with E-state index < -0.39 is 5.56 Å². The van der Waals surface area contributed by atoms with Crippen molar-refractivity contribution in [3.8, 4) is 29.0 Å². The predicted octanol–water partition coefficient (Wildman–Crippen LogP) is 2.68. The van der Waals surface area contributed by atoms with Gasteiger partial charge in [0.25, 0.3) is 5.56 Å². The molecular formula is C14H8Cl2N4O2. The highest BCUT2D eigenvalue weighted by Crippen LogP contribution is 2.42. The maximum absolute atomic E-state index is 11.9. The number of aromatic nitrogens is 1. The number of hydrogen-bond donors (Lipinski definition) is 2. The molecule has 0 atom stereocenters. The summed E-state index contributed by atoms with van der Waals surface area (Å²) in [6, 6.07) is 6.50. The zero-order chi connectivity index (χ0) is 16.4. The van der Waals surface area contributed by atoms with Crippen LogP contribution >= 0.6 is 23.2 Å². The average Bonchev–Trinajstić information content (AvgIpc) is 2.46. The molecule has 0 aliphatic rings. The van der Waals surface area contributed by atoms with E-state index in [0.29, 0.717) is 5.02 Å². The molecule has 0 fully saturated rings. The Balaban J connectivity index is 3.06. The van der Waals surface area contributed by atoms with Crippen LogP contribution in [0.4, 0.5) is 5.82 Å². The molecule has 0 spiro atoms. The Morgan fingerprint density at radius 3 is 2.36 bits per heavy atom. The van der Waals surface area contributed by atoms with Crippen LogP contribution < -0.4 is 16.0 Å². The molecule has 0 saturated heterocycles. The number of nitrogens with one attached hydrogen (secondary N) is 1. The molecule has 2 rings (SSSR count). The predicted molar refractivity (Wildman–Crippen MR) is 82.9 cm³/mol. The Hall–Kier alpha value is -2.67. The van der Waals surface area contributed by atoms with Gasteiger partial charge in [-0.05, 0) is 12.1 Å². The maximum Gasteiger partial charge on any atom is 0.268 e. The van der Waals surface area contributed by atoms with E-state index in [4.69, 9.17) is 33.7 Å². The first kappa shape index (κ1) is 15.7. The van der Waals surface area contributed by atoms with Crippen LogP contribution in [0.2, 0.25) is 10.0 Å². The lowest BCUT2D eigenvalue weighted by molar-refractivity contribution is 0.416. The number of benzene rings is 1. The van der Waals surface area contributed by atoms with Crippen LogP contribution in [0.5, 0.6) is 5.75 Å². The van der Waals surface area contributed by atoms with Crippen molar-refractivity contribution in [3.05, 3.63) is 43.7 Å². The number of pyridine rings is 1. The maximum atomic E-state index is 11.9. The van der Waals surface area contributed by atoms with Crippen molar-refractivity contribution >= 4 is 29.0 Å². The van der Waals surface area contributed by atoms with Crippen LogP contribution in [0, 0.1) is 22.7 Å². The molecule has 1 heterocycles. The molecule has 110 valence electrons. The van der Waals surface area contributed by atoms with Gasteiger partial charge in [0.1, 0.15) is 34.8 Å². The van der Waals surface area contributed by atoms with E-state index in [2.05, 4.69) is 4.98 Å². The number of rotatable bonds is 2. The largest absolute Gasteiger partial charge is 0.496 e. The number of nitriles is 2. The zero-order valence-electron chi connectivity index (χ0n) is 11.2. The highest BCUT2D eigenvalue weighted by Gasteiger charge is 2.23. The lowest BCUT2D eigenvalue weighted by Crippen LogP contribution is -2.16. The summed E-state index contributed by atoms with van der Waals surface area (Å²) in [5, 5.41) is 19.0. The first-order valence-corrected chi connectivity index (χ1v) is 6.59. The summed E-state index contributed by atoms with van der Waals surface area (Å²) in [5.41, 5.74) is 4.82. The highest BCUT2D eigenvalue weighted by atomic mass is 35.5. The van der Waals surface area contributed by atoms with Gasteiger partial charge in [-0.2, -0.15) is 10.5 Å². The summed E-state index contributed by atoms with van der Waals surface area (Å²) >= 11 is 12.1. The fourth-order valence-corrected chi connectivity index (χ4v) is 2.62. The summed E-state index contributed by atoms with van der Waals surface area (Å²) in [4.78, 5) is 14.2.